The molecule has 2 amide bonds. The van der Waals surface area contributed by atoms with Crippen molar-refractivity contribution in [3.8, 4) is 5.75 Å². The lowest BCUT2D eigenvalue weighted by Gasteiger charge is -2.34. The van der Waals surface area contributed by atoms with Crippen LogP contribution in [-0.2, 0) is 9.53 Å². The molecule has 0 aromatic carbocycles. The highest BCUT2D eigenvalue weighted by atomic mass is 16.5. The van der Waals surface area contributed by atoms with Gasteiger partial charge in [0.05, 0.1) is 18.7 Å². The molecule has 0 spiro atoms. The maximum atomic E-state index is 12.9. The van der Waals surface area contributed by atoms with Crippen LogP contribution in [0.2, 0.25) is 0 Å². The fourth-order valence-corrected chi connectivity index (χ4v) is 4.01. The van der Waals surface area contributed by atoms with E-state index in [9.17, 15) is 9.59 Å². The molecular weight excluding hydrogens is 410 g/mol. The van der Waals surface area contributed by atoms with Crippen LogP contribution in [-0.4, -0.2) is 78.9 Å². The summed E-state index contributed by atoms with van der Waals surface area (Å²) in [5.74, 6) is 1.24. The molecule has 0 aliphatic carbocycles. The van der Waals surface area contributed by atoms with Crippen molar-refractivity contribution in [2.75, 3.05) is 44.4 Å². The number of likely N-dealkylation sites (tertiary alicyclic amines) is 1. The van der Waals surface area contributed by atoms with Gasteiger partial charge in [-0.05, 0) is 44.4 Å². The summed E-state index contributed by atoms with van der Waals surface area (Å²) >= 11 is 0. The Kier molecular flexibility index (Phi) is 7.16. The smallest absolute Gasteiger partial charge is 0.255 e. The first-order chi connectivity index (χ1) is 15.7. The van der Waals surface area contributed by atoms with Gasteiger partial charge in [0.15, 0.2) is 11.6 Å². The predicted molar refractivity (Wildman–Crippen MR) is 121 cm³/mol. The predicted octanol–water partition coefficient (Wildman–Crippen LogP) is 2.21. The van der Waals surface area contributed by atoms with E-state index in [4.69, 9.17) is 9.47 Å². The van der Waals surface area contributed by atoms with Crippen molar-refractivity contribution in [1.29, 1.82) is 0 Å². The molecule has 1 aromatic heterocycles. The van der Waals surface area contributed by atoms with Crippen LogP contribution in [0.1, 0.15) is 36.5 Å². The van der Waals surface area contributed by atoms with E-state index in [1.54, 1.807) is 24.7 Å². The number of hydrogen-bond donors (Lipinski definition) is 0. The average Bonchev–Trinajstić information content (AvgIpc) is 2.86. The molecule has 0 bridgehead atoms. The second-order valence-electron chi connectivity index (χ2n) is 7.76. The number of rotatable bonds is 7. The zero-order valence-corrected chi connectivity index (χ0v) is 18.4. The van der Waals surface area contributed by atoms with Gasteiger partial charge in [-0.1, -0.05) is 0 Å². The van der Waals surface area contributed by atoms with Crippen molar-refractivity contribution in [1.82, 2.24) is 14.8 Å². The number of carbonyl (C=O) groups is 2. The van der Waals surface area contributed by atoms with Crippen LogP contribution in [0.25, 0.3) is 0 Å². The van der Waals surface area contributed by atoms with Crippen LogP contribution in [0, 0.1) is 0 Å². The Morgan fingerprint density at radius 1 is 1.31 bits per heavy atom. The quantitative estimate of drug-likeness (QED) is 0.368. The van der Waals surface area contributed by atoms with Gasteiger partial charge < -0.3 is 19.3 Å². The normalized spacial score (nSPS) is 20.7. The van der Waals surface area contributed by atoms with Crippen LogP contribution in [0.3, 0.4) is 0 Å². The fourth-order valence-electron chi connectivity index (χ4n) is 4.01. The lowest BCUT2D eigenvalue weighted by molar-refractivity contribution is -0.116. The van der Waals surface area contributed by atoms with Crippen molar-refractivity contribution in [2.45, 2.75) is 32.4 Å². The Bertz CT molecular complexity index is 923. The Morgan fingerprint density at radius 3 is 2.94 bits per heavy atom. The molecule has 170 valence electrons. The molecule has 4 rings (SSSR count). The average molecular weight is 440 g/mol. The number of hydrogen-bond acceptors (Lipinski definition) is 7. The van der Waals surface area contributed by atoms with Crippen LogP contribution in [0.5, 0.6) is 5.75 Å². The number of aliphatic imine (C=N–C) groups is 1. The van der Waals surface area contributed by atoms with Gasteiger partial charge in [-0.2, -0.15) is 0 Å². The van der Waals surface area contributed by atoms with Crippen molar-refractivity contribution in [3.05, 3.63) is 41.9 Å². The molecular formula is C23H29N5O4. The molecule has 1 saturated heterocycles. The maximum absolute atomic E-state index is 12.9. The minimum absolute atomic E-state index is 0.00262. The number of ether oxygens (including phenoxy) is 2. The Morgan fingerprint density at radius 2 is 2.16 bits per heavy atom. The third kappa shape index (κ3) is 4.83. The first kappa shape index (κ1) is 22.0. The van der Waals surface area contributed by atoms with Crippen LogP contribution in [0.15, 0.2) is 41.3 Å². The summed E-state index contributed by atoms with van der Waals surface area (Å²) in [6.07, 6.45) is 12.3. The van der Waals surface area contributed by atoms with Gasteiger partial charge >= 0.3 is 0 Å². The summed E-state index contributed by atoms with van der Waals surface area (Å²) in [5, 5.41) is 0. The van der Waals surface area contributed by atoms with E-state index in [-0.39, 0.29) is 5.91 Å². The molecule has 1 unspecified atom stereocenters. The first-order valence-electron chi connectivity index (χ1n) is 11.1. The number of piperidine rings is 1. The standard InChI is InChI=1S/C23H29N5O4/c1-2-31-12-7-24-21-15-19(6-10-27(21)17-29)28-11-13-32-20-14-18(16-25-22(20)28)23(30)26-8-4-3-5-9-26/h6-7,10,14-17,21H,2-5,8-9,11-13H2,1H3/b24-7+. The van der Waals surface area contributed by atoms with E-state index >= 15 is 0 Å². The lowest BCUT2D eigenvalue weighted by atomic mass is 10.1. The molecule has 3 aliphatic rings. The van der Waals surface area contributed by atoms with Gasteiger partial charge in [-0.15, -0.1) is 0 Å². The van der Waals surface area contributed by atoms with Crippen molar-refractivity contribution in [2.24, 2.45) is 4.99 Å². The molecule has 9 nitrogen and oxygen atoms in total. The molecule has 0 saturated carbocycles. The fraction of sp³-hybridized carbons (Fsp3) is 0.478. The highest BCUT2D eigenvalue weighted by Gasteiger charge is 2.27. The van der Waals surface area contributed by atoms with Gasteiger partial charge in [0.1, 0.15) is 12.8 Å². The summed E-state index contributed by atoms with van der Waals surface area (Å²) < 4.78 is 11.1. The second-order valence-corrected chi connectivity index (χ2v) is 7.76. The number of fused-ring (bicyclic) bond motifs is 1. The molecule has 32 heavy (non-hydrogen) atoms. The number of allylic oxidation sites excluding steroid dienone is 1. The number of aromatic nitrogens is 1. The van der Waals surface area contributed by atoms with E-state index < -0.39 is 6.17 Å². The molecule has 0 N–H and O–H groups in total. The van der Waals surface area contributed by atoms with E-state index in [1.165, 1.54) is 11.3 Å². The largest absolute Gasteiger partial charge is 0.488 e. The molecule has 3 aliphatic heterocycles. The minimum atomic E-state index is -0.459. The van der Waals surface area contributed by atoms with Gasteiger partial charge in [0.2, 0.25) is 6.41 Å². The first-order valence-corrected chi connectivity index (χ1v) is 11.1. The van der Waals surface area contributed by atoms with Crippen molar-refractivity contribution < 1.29 is 19.1 Å². The monoisotopic (exact) mass is 439 g/mol. The highest BCUT2D eigenvalue weighted by Crippen LogP contribution is 2.34. The number of amides is 2. The number of anilines is 1. The summed E-state index contributed by atoms with van der Waals surface area (Å²) in [5.41, 5.74) is 1.42. The van der Waals surface area contributed by atoms with Crippen molar-refractivity contribution in [3.63, 3.8) is 0 Å². The minimum Gasteiger partial charge on any atom is -0.488 e. The Labute approximate surface area is 188 Å². The second kappa shape index (κ2) is 10.4. The van der Waals surface area contributed by atoms with Gasteiger partial charge in [-0.3, -0.25) is 19.5 Å². The van der Waals surface area contributed by atoms with E-state index in [0.29, 0.717) is 43.5 Å². The number of pyridine rings is 1. The summed E-state index contributed by atoms with van der Waals surface area (Å²) in [7, 11) is 0. The molecule has 9 heteroatoms. The molecule has 1 aromatic rings. The van der Waals surface area contributed by atoms with Crippen molar-refractivity contribution >= 4 is 24.3 Å². The van der Waals surface area contributed by atoms with Crippen LogP contribution >= 0.6 is 0 Å². The summed E-state index contributed by atoms with van der Waals surface area (Å²) in [6, 6.07) is 1.79. The molecule has 1 fully saturated rings. The Balaban J connectivity index is 1.54. The summed E-state index contributed by atoms with van der Waals surface area (Å²) in [6.45, 7) is 5.57. The third-order valence-electron chi connectivity index (χ3n) is 5.68. The van der Waals surface area contributed by atoms with E-state index in [1.807, 2.05) is 28.9 Å². The van der Waals surface area contributed by atoms with Gasteiger partial charge in [0, 0.05) is 44.0 Å². The van der Waals surface area contributed by atoms with Gasteiger partial charge in [-0.25, -0.2) is 4.98 Å². The molecule has 1 atom stereocenters. The topological polar surface area (TPSA) is 87.6 Å². The summed E-state index contributed by atoms with van der Waals surface area (Å²) in [4.78, 5) is 38.7. The zero-order chi connectivity index (χ0) is 22.3. The zero-order valence-electron chi connectivity index (χ0n) is 18.4. The highest BCUT2D eigenvalue weighted by molar-refractivity contribution is 5.95. The molecule has 0 radical (unpaired) electrons. The SMILES string of the molecule is CCOC/C=N/C1C=C(N2CCOc3cc(C(=O)N4CCCCC4)cnc32)C=CN1C=O. The van der Waals surface area contributed by atoms with E-state index in [0.717, 1.165) is 38.0 Å². The maximum Gasteiger partial charge on any atom is 0.255 e. The number of carbonyl (C=O) groups excluding carboxylic acids is 2. The van der Waals surface area contributed by atoms with Gasteiger partial charge in [0.25, 0.3) is 5.91 Å². The Hall–Kier alpha value is -3.20. The third-order valence-corrected chi connectivity index (χ3v) is 5.68. The lowest BCUT2D eigenvalue weighted by Crippen LogP contribution is -2.37. The van der Waals surface area contributed by atoms with Crippen LogP contribution < -0.4 is 9.64 Å². The van der Waals surface area contributed by atoms with Crippen LogP contribution in [0.4, 0.5) is 5.82 Å². The molecule has 4 heterocycles. The van der Waals surface area contributed by atoms with E-state index in [2.05, 4.69) is 9.98 Å². The number of nitrogens with zero attached hydrogens (tertiary/aromatic N) is 5.